The third kappa shape index (κ3) is 16.2. The topological polar surface area (TPSA) is 130 Å². The first-order valence-corrected chi connectivity index (χ1v) is 11.4. The van der Waals surface area contributed by atoms with Crippen molar-refractivity contribution >= 4 is 11.9 Å². The van der Waals surface area contributed by atoms with Crippen LogP contribution in [0.1, 0.15) is 23.3 Å². The summed E-state index contributed by atoms with van der Waals surface area (Å²) in [5, 5.41) is 18.2. The van der Waals surface area contributed by atoms with E-state index in [1.54, 1.807) is 62.8 Å². The summed E-state index contributed by atoms with van der Waals surface area (Å²) in [6.45, 7) is 3.14. The van der Waals surface area contributed by atoms with E-state index in [0.29, 0.717) is 50.8 Å². The molecule has 11 heteroatoms. The van der Waals surface area contributed by atoms with E-state index < -0.39 is 24.1 Å². The Hall–Kier alpha value is -2.35. The molecule has 37 heavy (non-hydrogen) atoms. The van der Waals surface area contributed by atoms with Gasteiger partial charge in [-0.2, -0.15) is 0 Å². The smallest absolute Gasteiger partial charge is 0.337 e. The fraction of sp³-hybridized carbons (Fsp3) is 0.462. The minimum Gasteiger partial charge on any atom is -0.479 e. The molecule has 0 aliphatic carbocycles. The molecule has 0 heterocycles. The van der Waals surface area contributed by atoms with Gasteiger partial charge in [-0.15, -0.1) is 0 Å². The van der Waals surface area contributed by atoms with Crippen LogP contribution in [0.5, 0.6) is 0 Å². The van der Waals surface area contributed by atoms with E-state index in [1.165, 1.54) is 0 Å². The molecule has 0 amide bonds. The molecular weight excluding hydrogens is 531 g/mol. The van der Waals surface area contributed by atoms with Gasteiger partial charge in [0.2, 0.25) is 0 Å². The maximum atomic E-state index is 11.1. The van der Waals surface area contributed by atoms with Crippen molar-refractivity contribution in [3.63, 3.8) is 0 Å². The predicted molar refractivity (Wildman–Crippen MR) is 131 cm³/mol. The molecule has 1 radical (unpaired) electrons. The fourth-order valence-electron chi connectivity index (χ4n) is 2.81. The minimum atomic E-state index is -1.00. The van der Waals surface area contributed by atoms with Crippen molar-refractivity contribution in [3.05, 3.63) is 71.8 Å². The molecule has 2 rings (SSSR count). The van der Waals surface area contributed by atoms with Crippen molar-refractivity contribution < 1.29 is 65.0 Å². The number of hydrogen-bond donors (Lipinski definition) is 2. The Balaban J connectivity index is 0.000000682. The number of carboxylic acids is 2. The summed E-state index contributed by atoms with van der Waals surface area (Å²) in [6, 6.07) is 17.7. The largest absolute Gasteiger partial charge is 0.479 e. The molecule has 0 spiro atoms. The van der Waals surface area contributed by atoms with Gasteiger partial charge >= 0.3 is 11.9 Å². The molecule has 0 aromatic heterocycles. The minimum absolute atomic E-state index is 0. The Kier molecular flexibility index (Phi) is 21.4. The number of ether oxygens (including phenoxy) is 6. The Labute approximate surface area is 228 Å². The van der Waals surface area contributed by atoms with Gasteiger partial charge in [0.05, 0.1) is 52.9 Å². The van der Waals surface area contributed by atoms with Crippen LogP contribution in [0.15, 0.2) is 60.7 Å². The summed E-state index contributed by atoms with van der Waals surface area (Å²) in [5.41, 5.74) is 1.25. The summed E-state index contributed by atoms with van der Waals surface area (Å²) >= 11 is 0. The monoisotopic (exact) mass is 567 g/mol. The number of benzene rings is 2. The van der Waals surface area contributed by atoms with Crippen LogP contribution >= 0.6 is 0 Å². The Morgan fingerprint density at radius 1 is 0.595 bits per heavy atom. The molecule has 2 N–H and O–H groups in total. The van der Waals surface area contributed by atoms with Gasteiger partial charge in [0.15, 0.2) is 12.2 Å². The van der Waals surface area contributed by atoms with Crippen LogP contribution in [0, 0.1) is 0 Å². The summed E-state index contributed by atoms with van der Waals surface area (Å²) in [7, 11) is 3.19. The molecule has 0 aliphatic heterocycles. The van der Waals surface area contributed by atoms with E-state index in [0.717, 1.165) is 0 Å². The number of hydrogen-bond acceptors (Lipinski definition) is 8. The van der Waals surface area contributed by atoms with Gasteiger partial charge in [0.25, 0.3) is 0 Å². The van der Waals surface area contributed by atoms with Gasteiger partial charge in [0, 0.05) is 31.0 Å². The van der Waals surface area contributed by atoms with Crippen LogP contribution in [0.25, 0.3) is 0 Å². The normalized spacial score (nSPS) is 11.9. The molecule has 209 valence electrons. The zero-order chi connectivity index (χ0) is 26.4. The number of carboxylic acid groups (broad SMARTS) is 2. The second kappa shape index (κ2) is 22.8. The average molecular weight is 567 g/mol. The number of methoxy groups -OCH3 is 2. The van der Waals surface area contributed by atoms with E-state index in [-0.39, 0.29) is 30.0 Å². The van der Waals surface area contributed by atoms with E-state index in [9.17, 15) is 9.59 Å². The van der Waals surface area contributed by atoms with Crippen LogP contribution < -0.4 is 0 Å². The van der Waals surface area contributed by atoms with E-state index >= 15 is 0 Å². The summed E-state index contributed by atoms with van der Waals surface area (Å²) < 4.78 is 30.6. The van der Waals surface area contributed by atoms with Crippen molar-refractivity contribution in [1.29, 1.82) is 0 Å². The number of aliphatic carboxylic acids is 2. The van der Waals surface area contributed by atoms with Crippen LogP contribution in [0.4, 0.5) is 0 Å². The first-order chi connectivity index (χ1) is 17.5. The third-order valence-corrected chi connectivity index (χ3v) is 4.54. The van der Waals surface area contributed by atoms with Crippen molar-refractivity contribution in [3.8, 4) is 0 Å². The van der Waals surface area contributed by atoms with E-state index in [1.807, 2.05) is 12.1 Å². The Bertz CT molecular complexity index is 753. The molecule has 0 aliphatic rings. The van der Waals surface area contributed by atoms with Crippen molar-refractivity contribution in [1.82, 2.24) is 0 Å². The molecule has 0 bridgehead atoms. The van der Waals surface area contributed by atoms with E-state index in [2.05, 4.69) is 0 Å². The molecule has 2 aromatic carbocycles. The van der Waals surface area contributed by atoms with Gasteiger partial charge in [-0.05, 0) is 11.1 Å². The summed E-state index contributed by atoms with van der Waals surface area (Å²) in [5.74, 6) is -2.00. The van der Waals surface area contributed by atoms with Gasteiger partial charge in [0.1, 0.15) is 0 Å². The number of rotatable bonds is 18. The Morgan fingerprint density at radius 3 is 1.22 bits per heavy atom. The molecule has 0 saturated heterocycles. The van der Waals surface area contributed by atoms with Crippen molar-refractivity contribution in [2.45, 2.75) is 12.2 Å². The molecule has 2 unspecified atom stereocenters. The maximum absolute atomic E-state index is 11.1. The summed E-state index contributed by atoms with van der Waals surface area (Å²) in [6.07, 6.45) is -1.89. The SMILES string of the molecule is COCCOCCOC(C(=O)O)c1ccccc1.COCCOCCOC(C(=O)O)c1ccccc1.[Co]. The van der Waals surface area contributed by atoms with Gasteiger partial charge < -0.3 is 38.6 Å². The Morgan fingerprint density at radius 2 is 0.919 bits per heavy atom. The summed E-state index contributed by atoms with van der Waals surface area (Å²) in [4.78, 5) is 22.2. The average Bonchev–Trinajstić information content (AvgIpc) is 2.89. The van der Waals surface area contributed by atoms with E-state index in [4.69, 9.17) is 38.6 Å². The van der Waals surface area contributed by atoms with Gasteiger partial charge in [-0.1, -0.05) is 60.7 Å². The first-order valence-electron chi connectivity index (χ1n) is 11.4. The second-order valence-electron chi connectivity index (χ2n) is 7.21. The van der Waals surface area contributed by atoms with Crippen molar-refractivity contribution in [2.75, 3.05) is 67.1 Å². The van der Waals surface area contributed by atoms with Gasteiger partial charge in [-0.3, -0.25) is 0 Å². The zero-order valence-corrected chi connectivity index (χ0v) is 22.1. The standard InChI is InChI=1S/2C13H18O5.Co/c2*1-16-7-8-17-9-10-18-12(13(14)15)11-5-3-2-4-6-11;/h2*2-6,12H,7-10H2,1H3,(H,14,15);. The zero-order valence-electron chi connectivity index (χ0n) is 21.1. The maximum Gasteiger partial charge on any atom is 0.337 e. The molecular formula is C26H36CoO10. The van der Waals surface area contributed by atoms with Crippen LogP contribution in [0.2, 0.25) is 0 Å². The molecule has 2 aromatic rings. The molecule has 0 fully saturated rings. The first kappa shape index (κ1) is 34.6. The third-order valence-electron chi connectivity index (χ3n) is 4.54. The van der Waals surface area contributed by atoms with Gasteiger partial charge in [-0.25, -0.2) is 9.59 Å². The second-order valence-corrected chi connectivity index (χ2v) is 7.21. The molecule has 0 saturated carbocycles. The quantitative estimate of drug-likeness (QED) is 0.259. The van der Waals surface area contributed by atoms with Crippen LogP contribution in [-0.4, -0.2) is 89.2 Å². The van der Waals surface area contributed by atoms with Crippen molar-refractivity contribution in [2.24, 2.45) is 0 Å². The number of carbonyl (C=O) groups is 2. The fourth-order valence-corrected chi connectivity index (χ4v) is 2.81. The van der Waals surface area contributed by atoms with Crippen LogP contribution in [-0.2, 0) is 54.8 Å². The molecule has 2 atom stereocenters. The predicted octanol–water partition coefficient (Wildman–Crippen LogP) is 2.98. The molecule has 10 nitrogen and oxygen atoms in total. The van der Waals surface area contributed by atoms with Crippen LogP contribution in [0.3, 0.4) is 0 Å².